The summed E-state index contributed by atoms with van der Waals surface area (Å²) < 4.78 is 11.6. The second kappa shape index (κ2) is 10.7. The Morgan fingerprint density at radius 2 is 1.84 bits per heavy atom. The van der Waals surface area contributed by atoms with Gasteiger partial charge in [-0.15, -0.1) is 0 Å². The van der Waals surface area contributed by atoms with Gasteiger partial charge in [0, 0.05) is 7.11 Å². The van der Waals surface area contributed by atoms with Crippen LogP contribution in [0.5, 0.6) is 5.75 Å². The number of nitrogens with zero attached hydrogens (tertiary/aromatic N) is 1. The molecule has 2 N–H and O–H groups in total. The van der Waals surface area contributed by atoms with Crippen molar-refractivity contribution in [3.8, 4) is 5.75 Å². The molecule has 2 aliphatic heterocycles. The highest BCUT2D eigenvalue weighted by atomic mass is 16.5. The molecule has 2 saturated heterocycles. The van der Waals surface area contributed by atoms with E-state index in [9.17, 15) is 19.7 Å². The molecule has 0 radical (unpaired) electrons. The van der Waals surface area contributed by atoms with Crippen molar-refractivity contribution in [3.05, 3.63) is 76.9 Å². The number of carbonyl (C=O) groups excluding carboxylic acids is 2. The first-order chi connectivity index (χ1) is 17.9. The predicted octanol–water partition coefficient (Wildman–Crippen LogP) is 4.22. The molecule has 37 heavy (non-hydrogen) atoms. The van der Waals surface area contributed by atoms with Gasteiger partial charge in [0.25, 0.3) is 0 Å². The molecule has 7 nitrogen and oxygen atoms in total. The van der Waals surface area contributed by atoms with Gasteiger partial charge in [-0.1, -0.05) is 42.0 Å². The number of hydrogen-bond acceptors (Lipinski definition) is 6. The average molecular weight is 501 g/mol. The fourth-order valence-corrected chi connectivity index (χ4v) is 6.19. The van der Waals surface area contributed by atoms with Crippen molar-refractivity contribution < 1.29 is 29.1 Å². The number of benzene rings is 2. The van der Waals surface area contributed by atoms with E-state index in [2.05, 4.69) is 6.08 Å². The van der Waals surface area contributed by atoms with Gasteiger partial charge in [0.2, 0.25) is 11.8 Å². The van der Waals surface area contributed by atoms with Crippen LogP contribution >= 0.6 is 0 Å². The summed E-state index contributed by atoms with van der Waals surface area (Å²) in [4.78, 5) is 28.5. The summed E-state index contributed by atoms with van der Waals surface area (Å²) in [5, 5.41) is 20.2. The number of methoxy groups -OCH3 is 1. The van der Waals surface area contributed by atoms with Crippen molar-refractivity contribution in [3.63, 3.8) is 0 Å². The fourth-order valence-electron chi connectivity index (χ4n) is 6.19. The topological polar surface area (TPSA) is 96.3 Å². The number of amides is 2. The number of hydrogen-bond donors (Lipinski definition) is 2. The van der Waals surface area contributed by atoms with E-state index in [0.717, 1.165) is 28.7 Å². The van der Waals surface area contributed by atoms with Crippen LogP contribution in [0.3, 0.4) is 0 Å². The lowest BCUT2D eigenvalue weighted by molar-refractivity contribution is -0.122. The van der Waals surface area contributed by atoms with Crippen molar-refractivity contribution in [2.45, 2.75) is 38.6 Å². The summed E-state index contributed by atoms with van der Waals surface area (Å²) >= 11 is 0. The molecule has 1 aliphatic carbocycles. The predicted molar refractivity (Wildman–Crippen MR) is 142 cm³/mol. The number of phenolic OH excluding ortho intramolecular Hbond substituents is 1. The zero-order valence-corrected chi connectivity index (χ0v) is 21.2. The highest BCUT2D eigenvalue weighted by molar-refractivity contribution is 6.43. The van der Waals surface area contributed by atoms with E-state index in [4.69, 9.17) is 9.39 Å². The molecule has 2 fully saturated rings. The molecule has 0 bridgehead atoms. The van der Waals surface area contributed by atoms with E-state index in [1.807, 2.05) is 37.3 Å². The first-order valence-corrected chi connectivity index (χ1v) is 12.8. The standard InChI is InChI=1S/C29H32BNO6/c1-18(14-19-9-11-22(32)12-10-19)8-13-25-26-20(17-36-2)15-23-27(24(26)16-30(35)37-25)29(34)31(28(23)33)21-6-4-3-5-7-21/h3-7,9-12,14,23-25,27,32,35H,8,13,15-17H2,1-2H3/b18-14+/t23-,24+,25-,27-/m1/s1. The molecule has 3 aliphatic rings. The molecule has 8 heteroatoms. The highest BCUT2D eigenvalue weighted by Gasteiger charge is 2.57. The summed E-state index contributed by atoms with van der Waals surface area (Å²) in [6, 6.07) is 16.1. The highest BCUT2D eigenvalue weighted by Crippen LogP contribution is 2.51. The van der Waals surface area contributed by atoms with Crippen LogP contribution in [-0.2, 0) is 19.0 Å². The molecule has 2 heterocycles. The number of para-hydroxylation sites is 1. The minimum atomic E-state index is -1.00. The van der Waals surface area contributed by atoms with Crippen LogP contribution in [0.4, 0.5) is 5.69 Å². The lowest BCUT2D eigenvalue weighted by atomic mass is 9.58. The molecule has 5 rings (SSSR count). The van der Waals surface area contributed by atoms with Crippen molar-refractivity contribution in [2.75, 3.05) is 18.6 Å². The normalized spacial score (nSPS) is 26.0. The molecule has 0 saturated carbocycles. The summed E-state index contributed by atoms with van der Waals surface area (Å²) in [6.45, 7) is 2.40. The smallest absolute Gasteiger partial charge is 0.455 e. The summed E-state index contributed by atoms with van der Waals surface area (Å²) in [5.41, 5.74) is 4.73. The fraction of sp³-hybridized carbons (Fsp3) is 0.379. The monoisotopic (exact) mass is 501 g/mol. The van der Waals surface area contributed by atoms with Gasteiger partial charge in [-0.3, -0.25) is 14.5 Å². The molecule has 0 unspecified atom stereocenters. The van der Waals surface area contributed by atoms with Crippen LogP contribution in [0.25, 0.3) is 6.08 Å². The molecular formula is C29H32BNO6. The van der Waals surface area contributed by atoms with Gasteiger partial charge in [-0.2, -0.15) is 0 Å². The molecular weight excluding hydrogens is 469 g/mol. The zero-order valence-electron chi connectivity index (χ0n) is 21.2. The Hall–Kier alpha value is -3.20. The molecule has 0 spiro atoms. The van der Waals surface area contributed by atoms with Crippen molar-refractivity contribution in [1.82, 2.24) is 0 Å². The third-order valence-electron chi connectivity index (χ3n) is 7.75. The van der Waals surface area contributed by atoms with E-state index in [1.54, 1.807) is 31.4 Å². The van der Waals surface area contributed by atoms with Crippen molar-refractivity contribution in [1.29, 1.82) is 0 Å². The van der Waals surface area contributed by atoms with Gasteiger partial charge >= 0.3 is 7.12 Å². The van der Waals surface area contributed by atoms with Gasteiger partial charge in [-0.05, 0) is 79.4 Å². The van der Waals surface area contributed by atoms with Crippen LogP contribution in [0, 0.1) is 17.8 Å². The quantitative estimate of drug-likeness (QED) is 0.335. The Morgan fingerprint density at radius 3 is 2.54 bits per heavy atom. The maximum atomic E-state index is 13.7. The molecule has 0 aromatic heterocycles. The number of rotatable bonds is 7. The van der Waals surface area contributed by atoms with Gasteiger partial charge < -0.3 is 19.5 Å². The number of carbonyl (C=O) groups is 2. The molecule has 4 atom stereocenters. The number of phenols is 1. The van der Waals surface area contributed by atoms with E-state index >= 15 is 0 Å². The summed E-state index contributed by atoms with van der Waals surface area (Å²) in [6.07, 6.45) is 3.80. The van der Waals surface area contributed by atoms with Crippen LogP contribution in [-0.4, -0.2) is 48.9 Å². The molecule has 2 aromatic rings. The summed E-state index contributed by atoms with van der Waals surface area (Å²) in [5.74, 6) is -1.41. The number of aromatic hydroxyl groups is 1. The Morgan fingerprint density at radius 1 is 1.11 bits per heavy atom. The lowest BCUT2D eigenvalue weighted by Crippen LogP contribution is -2.46. The van der Waals surface area contributed by atoms with Crippen LogP contribution < -0.4 is 4.90 Å². The largest absolute Gasteiger partial charge is 0.508 e. The number of imide groups is 1. The van der Waals surface area contributed by atoms with Crippen molar-refractivity contribution in [2.24, 2.45) is 17.8 Å². The SMILES string of the molecule is COCC1=C2[C@@H](CC/C(C)=C/c3ccc(O)cc3)OB(O)C[C@@H]2[C@@H]2C(=O)N(c3ccccc3)C(=O)[C@@H]2C1. The Balaban J connectivity index is 1.42. The van der Waals surface area contributed by atoms with E-state index in [1.165, 1.54) is 4.90 Å². The van der Waals surface area contributed by atoms with E-state index < -0.39 is 19.0 Å². The van der Waals surface area contributed by atoms with Crippen molar-refractivity contribution >= 4 is 30.7 Å². The second-order valence-corrected chi connectivity index (χ2v) is 10.2. The first kappa shape index (κ1) is 25.5. The van der Waals surface area contributed by atoms with Crippen LogP contribution in [0.2, 0.25) is 6.32 Å². The third kappa shape index (κ3) is 5.01. The lowest BCUT2D eigenvalue weighted by Gasteiger charge is -2.43. The number of fused-ring (bicyclic) bond motifs is 3. The third-order valence-corrected chi connectivity index (χ3v) is 7.75. The Labute approximate surface area is 217 Å². The molecule has 192 valence electrons. The average Bonchev–Trinajstić information content (AvgIpc) is 3.14. The van der Waals surface area contributed by atoms with E-state index in [-0.39, 0.29) is 35.9 Å². The Bertz CT molecular complexity index is 1220. The molecule has 2 aromatic carbocycles. The number of anilines is 1. The Kier molecular flexibility index (Phi) is 7.33. The van der Waals surface area contributed by atoms with Gasteiger partial charge in [0.1, 0.15) is 5.75 Å². The number of allylic oxidation sites excluding steroid dienone is 1. The minimum absolute atomic E-state index is 0.181. The van der Waals surface area contributed by atoms with Crippen LogP contribution in [0.15, 0.2) is 71.3 Å². The second-order valence-electron chi connectivity index (χ2n) is 10.2. The maximum Gasteiger partial charge on any atom is 0.455 e. The van der Waals surface area contributed by atoms with Gasteiger partial charge in [0.15, 0.2) is 0 Å². The first-order valence-electron chi connectivity index (χ1n) is 12.8. The zero-order chi connectivity index (χ0) is 26.1. The minimum Gasteiger partial charge on any atom is -0.508 e. The van der Waals surface area contributed by atoms with Gasteiger partial charge in [-0.25, -0.2) is 0 Å². The number of ether oxygens (including phenoxy) is 1. The van der Waals surface area contributed by atoms with Crippen LogP contribution in [0.1, 0.15) is 31.7 Å². The molecule has 2 amide bonds. The maximum absolute atomic E-state index is 13.7. The van der Waals surface area contributed by atoms with Gasteiger partial charge in [0.05, 0.1) is 30.2 Å². The summed E-state index contributed by atoms with van der Waals surface area (Å²) in [7, 11) is 0.626. The van der Waals surface area contributed by atoms with E-state index in [0.29, 0.717) is 25.1 Å².